The summed E-state index contributed by atoms with van der Waals surface area (Å²) in [6.45, 7) is 10.6. The summed E-state index contributed by atoms with van der Waals surface area (Å²) in [5.74, 6) is -0.961. The van der Waals surface area contributed by atoms with E-state index in [2.05, 4.69) is 34.6 Å². The summed E-state index contributed by atoms with van der Waals surface area (Å²) in [5, 5.41) is -0.538. The Morgan fingerprint density at radius 1 is 1.15 bits per heavy atom. The summed E-state index contributed by atoms with van der Waals surface area (Å²) in [6, 6.07) is 9.15. The Morgan fingerprint density at radius 3 is 2.35 bits per heavy atom. The van der Waals surface area contributed by atoms with E-state index in [0.29, 0.717) is 4.90 Å². The number of hydrogen-bond acceptors (Lipinski definition) is 5. The number of benzene rings is 1. The lowest BCUT2D eigenvalue weighted by atomic mass is 9.86. The predicted octanol–water partition coefficient (Wildman–Crippen LogP) is 4.40. The Kier molecular flexibility index (Phi) is 6.17. The SMILES string of the molecule is CC(C)(C)CC(C)(C)SC1CC(=O)N(C(=O)OCc2ccccc2)C1=O. The number of rotatable bonds is 5. The third-order valence-electron chi connectivity index (χ3n) is 3.91. The molecule has 26 heavy (non-hydrogen) atoms. The van der Waals surface area contributed by atoms with E-state index in [9.17, 15) is 14.4 Å². The van der Waals surface area contributed by atoms with Crippen LogP contribution in [-0.2, 0) is 20.9 Å². The molecule has 1 fully saturated rings. The molecule has 142 valence electrons. The molecule has 5 nitrogen and oxygen atoms in total. The molecule has 1 heterocycles. The zero-order valence-electron chi connectivity index (χ0n) is 16.1. The number of thioether (sulfide) groups is 1. The lowest BCUT2D eigenvalue weighted by Gasteiger charge is -2.33. The van der Waals surface area contributed by atoms with E-state index >= 15 is 0 Å². The molecule has 1 aromatic carbocycles. The number of nitrogens with zero attached hydrogens (tertiary/aromatic N) is 1. The number of likely N-dealkylation sites (tertiary alicyclic amines) is 1. The highest BCUT2D eigenvalue weighted by Crippen LogP contribution is 2.41. The fraction of sp³-hybridized carbons (Fsp3) is 0.550. The molecule has 0 bridgehead atoms. The average molecular weight is 378 g/mol. The van der Waals surface area contributed by atoms with E-state index in [1.165, 1.54) is 11.8 Å². The van der Waals surface area contributed by atoms with Crippen LogP contribution in [0.3, 0.4) is 0 Å². The number of imide groups is 3. The Morgan fingerprint density at radius 2 is 1.77 bits per heavy atom. The van der Waals surface area contributed by atoms with Crippen molar-refractivity contribution in [3.05, 3.63) is 35.9 Å². The van der Waals surface area contributed by atoms with Gasteiger partial charge in [0.15, 0.2) is 0 Å². The fourth-order valence-corrected chi connectivity index (χ4v) is 5.09. The maximum atomic E-state index is 12.6. The smallest absolute Gasteiger partial charge is 0.423 e. The van der Waals surface area contributed by atoms with Gasteiger partial charge >= 0.3 is 6.09 Å². The monoisotopic (exact) mass is 377 g/mol. The molecule has 1 unspecified atom stereocenters. The highest BCUT2D eigenvalue weighted by Gasteiger charge is 2.46. The number of carbonyl (C=O) groups is 3. The van der Waals surface area contributed by atoms with Gasteiger partial charge in [0.2, 0.25) is 5.91 Å². The Labute approximate surface area is 159 Å². The minimum Gasteiger partial charge on any atom is -0.444 e. The van der Waals surface area contributed by atoms with Crippen LogP contribution in [-0.4, -0.2) is 32.8 Å². The Balaban J connectivity index is 1.98. The Bertz CT molecular complexity index is 679. The van der Waals surface area contributed by atoms with Crippen LogP contribution in [0.1, 0.15) is 53.0 Å². The third kappa shape index (κ3) is 5.59. The van der Waals surface area contributed by atoms with Crippen LogP contribution in [0.15, 0.2) is 30.3 Å². The van der Waals surface area contributed by atoms with Crippen molar-refractivity contribution in [3.63, 3.8) is 0 Å². The van der Waals surface area contributed by atoms with E-state index in [1.54, 1.807) is 0 Å². The lowest BCUT2D eigenvalue weighted by Crippen LogP contribution is -2.38. The first-order valence-corrected chi connectivity index (χ1v) is 9.62. The van der Waals surface area contributed by atoms with Crippen LogP contribution in [0, 0.1) is 5.41 Å². The van der Waals surface area contributed by atoms with Crippen LogP contribution in [0.2, 0.25) is 0 Å². The number of ether oxygens (including phenoxy) is 1. The van der Waals surface area contributed by atoms with Crippen molar-refractivity contribution < 1.29 is 19.1 Å². The van der Waals surface area contributed by atoms with Gasteiger partial charge in [0.05, 0.1) is 5.25 Å². The molecule has 0 radical (unpaired) electrons. The van der Waals surface area contributed by atoms with E-state index < -0.39 is 23.2 Å². The van der Waals surface area contributed by atoms with Gasteiger partial charge < -0.3 is 4.74 Å². The van der Waals surface area contributed by atoms with Gasteiger partial charge in [0.1, 0.15) is 6.61 Å². The van der Waals surface area contributed by atoms with Crippen molar-refractivity contribution in [2.24, 2.45) is 5.41 Å². The van der Waals surface area contributed by atoms with E-state index in [-0.39, 0.29) is 23.2 Å². The number of amides is 3. The van der Waals surface area contributed by atoms with Crippen LogP contribution >= 0.6 is 11.8 Å². The Hall–Kier alpha value is -1.82. The van der Waals surface area contributed by atoms with E-state index in [0.717, 1.165) is 12.0 Å². The van der Waals surface area contributed by atoms with Gasteiger partial charge in [-0.3, -0.25) is 9.59 Å². The first-order chi connectivity index (χ1) is 12.0. The molecule has 0 spiro atoms. The largest absolute Gasteiger partial charge is 0.444 e. The van der Waals surface area contributed by atoms with Gasteiger partial charge in [-0.25, -0.2) is 4.79 Å². The average Bonchev–Trinajstić information content (AvgIpc) is 2.77. The predicted molar refractivity (Wildman–Crippen MR) is 103 cm³/mol. The molecular weight excluding hydrogens is 350 g/mol. The molecule has 1 aromatic rings. The van der Waals surface area contributed by atoms with Crippen LogP contribution < -0.4 is 0 Å². The molecule has 1 saturated heterocycles. The fourth-order valence-electron chi connectivity index (χ4n) is 3.38. The summed E-state index contributed by atoms with van der Waals surface area (Å²) in [4.78, 5) is 37.7. The van der Waals surface area contributed by atoms with Crippen molar-refractivity contribution in [1.82, 2.24) is 4.90 Å². The second kappa shape index (κ2) is 7.82. The molecule has 0 saturated carbocycles. The maximum Gasteiger partial charge on any atom is 0.423 e. The van der Waals surface area contributed by atoms with Gasteiger partial charge in [-0.2, -0.15) is 4.90 Å². The molecule has 2 rings (SSSR count). The number of carbonyl (C=O) groups excluding carboxylic acids is 3. The number of hydrogen-bond donors (Lipinski definition) is 0. The van der Waals surface area contributed by atoms with Gasteiger partial charge in [-0.15, -0.1) is 11.8 Å². The van der Waals surface area contributed by atoms with Crippen LogP contribution in [0.5, 0.6) is 0 Å². The molecule has 0 aliphatic carbocycles. The van der Waals surface area contributed by atoms with Crippen molar-refractivity contribution in [3.8, 4) is 0 Å². The second-order valence-electron chi connectivity index (χ2n) is 8.42. The zero-order valence-corrected chi connectivity index (χ0v) is 16.9. The van der Waals surface area contributed by atoms with Crippen molar-refractivity contribution >= 4 is 29.7 Å². The first kappa shape index (κ1) is 20.5. The molecule has 1 atom stereocenters. The molecule has 0 N–H and O–H groups in total. The molecule has 3 amide bonds. The zero-order chi connectivity index (χ0) is 19.5. The summed E-state index contributed by atoms with van der Waals surface area (Å²) < 4.78 is 4.97. The maximum absolute atomic E-state index is 12.6. The third-order valence-corrected chi connectivity index (χ3v) is 5.35. The summed E-state index contributed by atoms with van der Waals surface area (Å²) in [7, 11) is 0. The normalized spacial score (nSPS) is 18.3. The lowest BCUT2D eigenvalue weighted by molar-refractivity contribution is -0.136. The summed E-state index contributed by atoms with van der Waals surface area (Å²) in [6.07, 6.45) is 0.0408. The van der Waals surface area contributed by atoms with Crippen LogP contribution in [0.25, 0.3) is 0 Å². The highest BCUT2D eigenvalue weighted by atomic mass is 32.2. The van der Waals surface area contributed by atoms with Crippen LogP contribution in [0.4, 0.5) is 4.79 Å². The summed E-state index contributed by atoms with van der Waals surface area (Å²) in [5.41, 5.74) is 0.911. The molecule has 1 aliphatic rings. The van der Waals surface area contributed by atoms with Crippen molar-refractivity contribution in [2.75, 3.05) is 0 Å². The summed E-state index contributed by atoms with van der Waals surface area (Å²) >= 11 is 1.46. The van der Waals surface area contributed by atoms with Crippen molar-refractivity contribution in [1.29, 1.82) is 0 Å². The molecular formula is C20H27NO4S. The minimum atomic E-state index is -0.888. The topological polar surface area (TPSA) is 63.7 Å². The quantitative estimate of drug-likeness (QED) is 0.712. The molecule has 1 aliphatic heterocycles. The second-order valence-corrected chi connectivity index (χ2v) is 10.3. The standard InChI is InChI=1S/C20H27NO4S/c1-19(2,3)13-20(4,5)26-15-11-16(22)21(17(15)23)18(24)25-12-14-9-7-6-8-10-14/h6-10,15H,11-13H2,1-5H3. The first-order valence-electron chi connectivity index (χ1n) is 8.74. The minimum absolute atomic E-state index is 0.0318. The molecule has 6 heteroatoms. The van der Waals surface area contributed by atoms with Gasteiger partial charge in [0, 0.05) is 11.2 Å². The van der Waals surface area contributed by atoms with E-state index in [4.69, 9.17) is 4.74 Å². The van der Waals surface area contributed by atoms with Gasteiger partial charge in [-0.05, 0) is 17.4 Å². The van der Waals surface area contributed by atoms with E-state index in [1.807, 2.05) is 30.3 Å². The van der Waals surface area contributed by atoms with Crippen molar-refractivity contribution in [2.45, 2.75) is 64.1 Å². The molecule has 0 aromatic heterocycles. The van der Waals surface area contributed by atoms with Gasteiger partial charge in [-0.1, -0.05) is 65.0 Å². The van der Waals surface area contributed by atoms with Gasteiger partial charge in [0.25, 0.3) is 5.91 Å². The highest BCUT2D eigenvalue weighted by molar-refractivity contribution is 8.02.